The number of hydrogen-bond acceptors (Lipinski definition) is 3. The number of nitrogens with zero attached hydrogens (tertiary/aromatic N) is 2. The minimum atomic E-state index is 0.272. The molecule has 92 valence electrons. The molecule has 0 spiro atoms. The molecule has 5 heteroatoms. The van der Waals surface area contributed by atoms with E-state index in [9.17, 15) is 0 Å². The van der Waals surface area contributed by atoms with E-state index < -0.39 is 0 Å². The van der Waals surface area contributed by atoms with Crippen LogP contribution in [0.4, 0.5) is 0 Å². The Morgan fingerprint density at radius 2 is 2.39 bits per heavy atom. The number of H-pyrrole nitrogens is 1. The Bertz CT molecular complexity index is 674. The molecule has 18 heavy (non-hydrogen) atoms. The van der Waals surface area contributed by atoms with Gasteiger partial charge in [0.1, 0.15) is 6.07 Å². The average molecular weight is 259 g/mol. The molecule has 1 fully saturated rings. The van der Waals surface area contributed by atoms with Gasteiger partial charge >= 0.3 is 0 Å². The third kappa shape index (κ3) is 1.74. The first kappa shape index (κ1) is 11.5. The fourth-order valence-corrected chi connectivity index (χ4v) is 2.88. The number of aromatic nitrogens is 2. The molecule has 4 nitrogen and oxygen atoms in total. The lowest BCUT2D eigenvalue weighted by molar-refractivity contribution is 0.0600. The molecule has 0 bridgehead atoms. The van der Waals surface area contributed by atoms with Crippen molar-refractivity contribution < 1.29 is 4.74 Å². The number of hydrogen-bond donors (Lipinski definition) is 1. The highest BCUT2D eigenvalue weighted by atomic mass is 32.1. The highest BCUT2D eigenvalue weighted by Crippen LogP contribution is 2.26. The number of benzene rings is 1. The molecule has 0 radical (unpaired) electrons. The minimum Gasteiger partial charge on any atom is -0.379 e. The van der Waals surface area contributed by atoms with Gasteiger partial charge in [0.15, 0.2) is 4.77 Å². The number of nitriles is 1. The number of nitrogens with one attached hydrogen (secondary N) is 1. The molecule has 1 aromatic heterocycles. The molecule has 2 heterocycles. The van der Waals surface area contributed by atoms with Gasteiger partial charge in [-0.05, 0) is 37.2 Å². The van der Waals surface area contributed by atoms with Crippen molar-refractivity contribution in [1.82, 2.24) is 9.55 Å². The Balaban J connectivity index is 2.20. The van der Waals surface area contributed by atoms with E-state index in [1.807, 2.05) is 12.1 Å². The molecule has 0 saturated carbocycles. The van der Waals surface area contributed by atoms with Crippen LogP contribution in [-0.2, 0) is 4.74 Å². The van der Waals surface area contributed by atoms with E-state index in [-0.39, 0.29) is 6.04 Å². The third-order valence-corrected chi connectivity index (χ3v) is 3.67. The summed E-state index contributed by atoms with van der Waals surface area (Å²) in [6, 6.07) is 8.15. The molecule has 1 aliphatic heterocycles. The van der Waals surface area contributed by atoms with Gasteiger partial charge in [0.25, 0.3) is 0 Å². The zero-order valence-electron chi connectivity index (χ0n) is 9.85. The second kappa shape index (κ2) is 4.56. The second-order valence-corrected chi connectivity index (χ2v) is 4.87. The van der Waals surface area contributed by atoms with Gasteiger partial charge in [0.2, 0.25) is 0 Å². The summed E-state index contributed by atoms with van der Waals surface area (Å²) in [6.45, 7) is 1.52. The minimum absolute atomic E-state index is 0.272. The summed E-state index contributed by atoms with van der Waals surface area (Å²) in [7, 11) is 0. The fourth-order valence-electron chi connectivity index (χ4n) is 2.53. The molecule has 1 aromatic carbocycles. The van der Waals surface area contributed by atoms with Gasteiger partial charge in [-0.2, -0.15) is 5.26 Å². The van der Waals surface area contributed by atoms with Crippen LogP contribution >= 0.6 is 12.2 Å². The zero-order chi connectivity index (χ0) is 12.5. The summed E-state index contributed by atoms with van der Waals surface area (Å²) in [5.41, 5.74) is 2.46. The van der Waals surface area contributed by atoms with Crippen molar-refractivity contribution in [3.63, 3.8) is 0 Å². The normalized spacial score (nSPS) is 19.8. The number of para-hydroxylation sites is 1. The summed E-state index contributed by atoms with van der Waals surface area (Å²) in [5, 5.41) is 9.11. The molecular weight excluding hydrogens is 246 g/mol. The largest absolute Gasteiger partial charge is 0.379 e. The molecule has 3 rings (SSSR count). The fraction of sp³-hybridized carbons (Fsp3) is 0.385. The third-order valence-electron chi connectivity index (χ3n) is 3.37. The maximum Gasteiger partial charge on any atom is 0.178 e. The Morgan fingerprint density at radius 3 is 3.11 bits per heavy atom. The monoisotopic (exact) mass is 259 g/mol. The van der Waals surface area contributed by atoms with Crippen molar-refractivity contribution in [3.8, 4) is 6.07 Å². The van der Waals surface area contributed by atoms with Gasteiger partial charge in [-0.15, -0.1) is 0 Å². The molecule has 1 atom stereocenters. The lowest BCUT2D eigenvalue weighted by atomic mass is 10.1. The van der Waals surface area contributed by atoms with Gasteiger partial charge in [0, 0.05) is 6.61 Å². The number of imidazole rings is 1. The SMILES string of the molecule is N#Cc1cccc2c1[nH]c(=S)n2C1CCCOC1. The smallest absolute Gasteiger partial charge is 0.178 e. The molecule has 1 unspecified atom stereocenters. The molecular formula is C13H13N3OS. The van der Waals surface area contributed by atoms with Crippen LogP contribution in [-0.4, -0.2) is 22.8 Å². The van der Waals surface area contributed by atoms with Crippen molar-refractivity contribution >= 4 is 23.3 Å². The van der Waals surface area contributed by atoms with Gasteiger partial charge < -0.3 is 14.3 Å². The predicted molar refractivity (Wildman–Crippen MR) is 70.9 cm³/mol. The van der Waals surface area contributed by atoms with Gasteiger partial charge in [0.05, 0.1) is 29.2 Å². The van der Waals surface area contributed by atoms with Crippen LogP contribution in [0.15, 0.2) is 18.2 Å². The number of rotatable bonds is 1. The summed E-state index contributed by atoms with van der Waals surface area (Å²) in [4.78, 5) is 3.14. The van der Waals surface area contributed by atoms with E-state index in [1.165, 1.54) is 0 Å². The first-order chi connectivity index (χ1) is 8.81. The first-order valence-electron chi connectivity index (χ1n) is 6.02. The molecule has 1 aliphatic rings. The topological polar surface area (TPSA) is 53.7 Å². The highest BCUT2D eigenvalue weighted by molar-refractivity contribution is 7.71. The van der Waals surface area contributed by atoms with E-state index in [0.29, 0.717) is 16.9 Å². The standard InChI is InChI=1S/C13H13N3OS/c14-7-9-3-1-5-11-12(9)15-13(18)16(11)10-4-2-6-17-8-10/h1,3,5,10H,2,4,6,8H2,(H,15,18). The van der Waals surface area contributed by atoms with Crippen LogP contribution in [0.1, 0.15) is 24.4 Å². The van der Waals surface area contributed by atoms with Crippen LogP contribution < -0.4 is 0 Å². The van der Waals surface area contributed by atoms with Crippen LogP contribution in [0.3, 0.4) is 0 Å². The van der Waals surface area contributed by atoms with Crippen molar-refractivity contribution in [1.29, 1.82) is 5.26 Å². The van der Waals surface area contributed by atoms with Gasteiger partial charge in [-0.3, -0.25) is 0 Å². The average Bonchev–Trinajstić information content (AvgIpc) is 2.75. The van der Waals surface area contributed by atoms with E-state index >= 15 is 0 Å². The first-order valence-corrected chi connectivity index (χ1v) is 6.43. The molecule has 2 aromatic rings. The lowest BCUT2D eigenvalue weighted by Crippen LogP contribution is -2.21. The van der Waals surface area contributed by atoms with Crippen molar-refractivity contribution in [2.75, 3.05) is 13.2 Å². The van der Waals surface area contributed by atoms with E-state index in [1.54, 1.807) is 6.07 Å². The zero-order valence-corrected chi connectivity index (χ0v) is 10.7. The maximum atomic E-state index is 9.11. The summed E-state index contributed by atoms with van der Waals surface area (Å²) in [6.07, 6.45) is 2.12. The Morgan fingerprint density at radius 1 is 1.50 bits per heavy atom. The Kier molecular flexibility index (Phi) is 2.90. The van der Waals surface area contributed by atoms with Gasteiger partial charge in [-0.25, -0.2) is 0 Å². The van der Waals surface area contributed by atoms with Crippen LogP contribution in [0.25, 0.3) is 11.0 Å². The predicted octanol–water partition coefficient (Wildman–Crippen LogP) is 2.92. The Labute approximate surface area is 110 Å². The van der Waals surface area contributed by atoms with Crippen molar-refractivity contribution in [2.45, 2.75) is 18.9 Å². The number of ether oxygens (including phenoxy) is 1. The Hall–Kier alpha value is -1.64. The summed E-state index contributed by atoms with van der Waals surface area (Å²) >= 11 is 5.38. The summed E-state index contributed by atoms with van der Waals surface area (Å²) in [5.74, 6) is 0. The van der Waals surface area contributed by atoms with E-state index in [4.69, 9.17) is 22.2 Å². The highest BCUT2D eigenvalue weighted by Gasteiger charge is 2.19. The van der Waals surface area contributed by atoms with Crippen LogP contribution in [0.2, 0.25) is 0 Å². The molecule has 0 aliphatic carbocycles. The van der Waals surface area contributed by atoms with Crippen molar-refractivity contribution in [2.24, 2.45) is 0 Å². The quantitative estimate of drug-likeness (QED) is 0.801. The number of aromatic amines is 1. The van der Waals surface area contributed by atoms with E-state index in [0.717, 1.165) is 30.5 Å². The molecule has 1 N–H and O–H groups in total. The van der Waals surface area contributed by atoms with Crippen LogP contribution in [0.5, 0.6) is 0 Å². The lowest BCUT2D eigenvalue weighted by Gasteiger charge is -2.24. The second-order valence-electron chi connectivity index (χ2n) is 4.48. The molecule has 1 saturated heterocycles. The molecule has 0 amide bonds. The van der Waals surface area contributed by atoms with Gasteiger partial charge in [-0.1, -0.05) is 6.07 Å². The summed E-state index contributed by atoms with van der Waals surface area (Å²) < 4.78 is 8.28. The maximum absolute atomic E-state index is 9.11. The van der Waals surface area contributed by atoms with E-state index in [2.05, 4.69) is 15.6 Å². The van der Waals surface area contributed by atoms with Crippen molar-refractivity contribution in [3.05, 3.63) is 28.5 Å². The number of fused-ring (bicyclic) bond motifs is 1. The van der Waals surface area contributed by atoms with Crippen LogP contribution in [0, 0.1) is 16.1 Å².